The van der Waals surface area contributed by atoms with E-state index in [2.05, 4.69) is 22.6 Å². The molecule has 0 aliphatic heterocycles. The van der Waals surface area contributed by atoms with Gasteiger partial charge in [-0.3, -0.25) is 4.79 Å². The summed E-state index contributed by atoms with van der Waals surface area (Å²) in [6.45, 7) is 3.59. The first kappa shape index (κ1) is 11.3. The normalized spacial score (nSPS) is 15.3. The smallest absolute Gasteiger partial charge is 0.183 e. The third-order valence-electron chi connectivity index (χ3n) is 2.70. The van der Waals surface area contributed by atoms with Crippen LogP contribution in [0.25, 0.3) is 0 Å². The minimum absolute atomic E-state index is 0.131. The van der Waals surface area contributed by atoms with Crippen molar-refractivity contribution in [2.24, 2.45) is 0 Å². The lowest BCUT2D eigenvalue weighted by atomic mass is 10.2. The minimum atomic E-state index is 0.131. The van der Waals surface area contributed by atoms with E-state index in [9.17, 15) is 4.79 Å². The number of carbonyl (C=O) groups excluding carboxylic acids is 1. The third-order valence-corrected chi connectivity index (χ3v) is 2.70. The second-order valence-corrected chi connectivity index (χ2v) is 4.24. The van der Waals surface area contributed by atoms with Gasteiger partial charge in [-0.05, 0) is 19.3 Å². The second kappa shape index (κ2) is 5.21. The van der Waals surface area contributed by atoms with E-state index in [4.69, 9.17) is 0 Å². The minimum Gasteiger partial charge on any atom is -0.314 e. The van der Waals surface area contributed by atoms with Crippen molar-refractivity contribution >= 4 is 5.78 Å². The van der Waals surface area contributed by atoms with Crippen LogP contribution in [-0.2, 0) is 6.54 Å². The van der Waals surface area contributed by atoms with Crippen LogP contribution in [0.15, 0.2) is 6.20 Å². The number of nitrogens with one attached hydrogen (secondary N) is 1. The second-order valence-electron chi connectivity index (χ2n) is 4.24. The van der Waals surface area contributed by atoms with Crippen LogP contribution >= 0.6 is 0 Å². The predicted octanol–water partition coefficient (Wildman–Crippen LogP) is 1.01. The molecular formula is C11H18N4O. The lowest BCUT2D eigenvalue weighted by Gasteiger charge is -2.04. The summed E-state index contributed by atoms with van der Waals surface area (Å²) >= 11 is 0. The maximum absolute atomic E-state index is 11.9. The van der Waals surface area contributed by atoms with Gasteiger partial charge in [0.1, 0.15) is 5.69 Å². The Morgan fingerprint density at radius 2 is 2.44 bits per heavy atom. The van der Waals surface area contributed by atoms with Crippen molar-refractivity contribution in [3.63, 3.8) is 0 Å². The van der Waals surface area contributed by atoms with Crippen LogP contribution in [0.1, 0.15) is 43.1 Å². The number of aromatic nitrogens is 3. The molecule has 5 heteroatoms. The fourth-order valence-corrected chi connectivity index (χ4v) is 1.66. The first-order valence-corrected chi connectivity index (χ1v) is 5.96. The molecule has 16 heavy (non-hydrogen) atoms. The van der Waals surface area contributed by atoms with Crippen molar-refractivity contribution < 1.29 is 4.79 Å². The van der Waals surface area contributed by atoms with Crippen LogP contribution in [0.2, 0.25) is 0 Å². The Morgan fingerprint density at radius 1 is 1.62 bits per heavy atom. The molecule has 88 valence electrons. The van der Waals surface area contributed by atoms with Crippen molar-refractivity contribution in [1.82, 2.24) is 20.3 Å². The molecule has 0 aromatic carbocycles. The third kappa shape index (κ3) is 2.88. The first-order valence-electron chi connectivity index (χ1n) is 5.96. The van der Waals surface area contributed by atoms with Gasteiger partial charge >= 0.3 is 0 Å². The predicted molar refractivity (Wildman–Crippen MR) is 60.3 cm³/mol. The van der Waals surface area contributed by atoms with Crippen molar-refractivity contribution in [3.8, 4) is 0 Å². The molecule has 0 radical (unpaired) electrons. The number of Topliss-reactive ketones (excluding diaryl/α,β-unsaturated/α-hetero) is 1. The van der Waals surface area contributed by atoms with Gasteiger partial charge in [0.2, 0.25) is 0 Å². The standard InChI is InChI=1S/C11H18N4O/c1-2-7-15-10(8-13-14-15)11(16)5-6-12-9-3-4-9/h8-9,12H,2-7H2,1H3. The molecule has 0 bridgehead atoms. The van der Waals surface area contributed by atoms with Gasteiger partial charge in [-0.2, -0.15) is 0 Å². The largest absolute Gasteiger partial charge is 0.314 e. The molecule has 1 N–H and O–H groups in total. The molecule has 2 rings (SSSR count). The number of ketones is 1. The van der Waals surface area contributed by atoms with Crippen LogP contribution < -0.4 is 5.32 Å². The van der Waals surface area contributed by atoms with Gasteiger partial charge in [0.25, 0.3) is 0 Å². The number of hydrogen-bond donors (Lipinski definition) is 1. The summed E-state index contributed by atoms with van der Waals surface area (Å²) in [7, 11) is 0. The van der Waals surface area contributed by atoms with Crippen LogP contribution in [0.3, 0.4) is 0 Å². The topological polar surface area (TPSA) is 59.8 Å². The SMILES string of the molecule is CCCn1nncc1C(=O)CCNC1CC1. The Bertz CT molecular complexity index is 357. The Hall–Kier alpha value is -1.23. The van der Waals surface area contributed by atoms with Gasteiger partial charge in [-0.15, -0.1) is 5.10 Å². The fourth-order valence-electron chi connectivity index (χ4n) is 1.66. The van der Waals surface area contributed by atoms with Crippen molar-refractivity contribution in [2.75, 3.05) is 6.54 Å². The first-order chi connectivity index (χ1) is 7.81. The van der Waals surface area contributed by atoms with Crippen LogP contribution in [0.5, 0.6) is 0 Å². The van der Waals surface area contributed by atoms with E-state index in [0.717, 1.165) is 19.5 Å². The number of nitrogens with zero attached hydrogens (tertiary/aromatic N) is 3. The van der Waals surface area contributed by atoms with Gasteiger partial charge in [-0.25, -0.2) is 4.68 Å². The summed E-state index contributed by atoms with van der Waals surface area (Å²) in [6.07, 6.45) is 5.57. The zero-order valence-electron chi connectivity index (χ0n) is 9.65. The molecule has 0 saturated heterocycles. The Balaban J connectivity index is 1.83. The van der Waals surface area contributed by atoms with Gasteiger partial charge in [0.05, 0.1) is 6.20 Å². The quantitative estimate of drug-likeness (QED) is 0.699. The lowest BCUT2D eigenvalue weighted by molar-refractivity contribution is 0.0972. The number of rotatable bonds is 7. The van der Waals surface area contributed by atoms with Crippen LogP contribution in [-0.4, -0.2) is 33.4 Å². The highest BCUT2D eigenvalue weighted by atomic mass is 16.1. The molecule has 0 amide bonds. The van der Waals surface area contributed by atoms with E-state index in [1.165, 1.54) is 12.8 Å². The monoisotopic (exact) mass is 222 g/mol. The molecular weight excluding hydrogens is 204 g/mol. The van der Waals surface area contributed by atoms with E-state index in [1.807, 2.05) is 0 Å². The molecule has 0 spiro atoms. The molecule has 0 atom stereocenters. The average Bonchev–Trinajstić information content (AvgIpc) is 2.97. The molecule has 1 aliphatic rings. The molecule has 1 heterocycles. The highest BCUT2D eigenvalue weighted by molar-refractivity contribution is 5.94. The zero-order valence-corrected chi connectivity index (χ0v) is 9.65. The Labute approximate surface area is 95.2 Å². The number of carbonyl (C=O) groups is 1. The van der Waals surface area contributed by atoms with E-state index in [0.29, 0.717) is 18.2 Å². The van der Waals surface area contributed by atoms with Crippen molar-refractivity contribution in [3.05, 3.63) is 11.9 Å². The molecule has 1 aromatic rings. The van der Waals surface area contributed by atoms with Crippen molar-refractivity contribution in [1.29, 1.82) is 0 Å². The Kier molecular flexibility index (Phi) is 3.66. The van der Waals surface area contributed by atoms with Gasteiger partial charge in [0, 0.05) is 25.6 Å². The highest BCUT2D eigenvalue weighted by Crippen LogP contribution is 2.18. The zero-order chi connectivity index (χ0) is 11.4. The number of aryl methyl sites for hydroxylation is 1. The summed E-state index contributed by atoms with van der Waals surface area (Å²) < 4.78 is 1.69. The fraction of sp³-hybridized carbons (Fsp3) is 0.727. The summed E-state index contributed by atoms with van der Waals surface area (Å²) in [4.78, 5) is 11.9. The summed E-state index contributed by atoms with van der Waals surface area (Å²) in [5.74, 6) is 0.131. The van der Waals surface area contributed by atoms with Gasteiger partial charge in [0.15, 0.2) is 5.78 Å². The average molecular weight is 222 g/mol. The molecule has 0 unspecified atom stereocenters. The van der Waals surface area contributed by atoms with Crippen LogP contribution in [0, 0.1) is 0 Å². The summed E-state index contributed by atoms with van der Waals surface area (Å²) in [5, 5.41) is 11.0. The molecule has 1 aromatic heterocycles. The lowest BCUT2D eigenvalue weighted by Crippen LogP contribution is -2.21. The Morgan fingerprint density at radius 3 is 3.12 bits per heavy atom. The maximum atomic E-state index is 11.9. The highest BCUT2D eigenvalue weighted by Gasteiger charge is 2.20. The molecule has 1 saturated carbocycles. The maximum Gasteiger partial charge on any atom is 0.183 e. The van der Waals surface area contributed by atoms with E-state index in [1.54, 1.807) is 10.9 Å². The van der Waals surface area contributed by atoms with E-state index >= 15 is 0 Å². The summed E-state index contributed by atoms with van der Waals surface area (Å²) in [5.41, 5.74) is 0.638. The number of hydrogen-bond acceptors (Lipinski definition) is 4. The van der Waals surface area contributed by atoms with Gasteiger partial charge < -0.3 is 5.32 Å². The molecule has 1 aliphatic carbocycles. The van der Waals surface area contributed by atoms with Crippen LogP contribution in [0.4, 0.5) is 0 Å². The van der Waals surface area contributed by atoms with Gasteiger partial charge in [-0.1, -0.05) is 12.1 Å². The van der Waals surface area contributed by atoms with E-state index in [-0.39, 0.29) is 5.78 Å². The summed E-state index contributed by atoms with van der Waals surface area (Å²) in [6, 6.07) is 0.659. The molecule has 5 nitrogen and oxygen atoms in total. The van der Waals surface area contributed by atoms with Crippen molar-refractivity contribution in [2.45, 2.75) is 45.2 Å². The van der Waals surface area contributed by atoms with E-state index < -0.39 is 0 Å². The molecule has 1 fully saturated rings.